The zero-order chi connectivity index (χ0) is 25.8. The van der Waals surface area contributed by atoms with Crippen molar-refractivity contribution in [3.63, 3.8) is 0 Å². The highest BCUT2D eigenvalue weighted by Crippen LogP contribution is 2.44. The molecule has 0 fully saturated rings. The number of carboxylic acids is 1. The second-order valence-corrected chi connectivity index (χ2v) is 8.58. The average molecular weight is 492 g/mol. The minimum atomic E-state index is -5.21. The number of ether oxygens (including phenoxy) is 1. The maximum atomic E-state index is 13.9. The minimum absolute atomic E-state index is 0.0452. The summed E-state index contributed by atoms with van der Waals surface area (Å²) in [5.41, 5.74) is 0.248. The largest absolute Gasteiger partial charge is 0.480 e. The minimum Gasteiger partial charge on any atom is -0.480 e. The van der Waals surface area contributed by atoms with Gasteiger partial charge in [-0.1, -0.05) is 68.3 Å². The Hall–Kier alpha value is -3.56. The Balaban J connectivity index is 1.74. The summed E-state index contributed by atoms with van der Waals surface area (Å²) < 4.78 is 46.8. The van der Waals surface area contributed by atoms with Gasteiger partial charge in [0.25, 0.3) is 5.91 Å². The molecule has 1 aliphatic carbocycles. The van der Waals surface area contributed by atoms with Crippen LogP contribution in [-0.4, -0.2) is 47.4 Å². The molecular formula is C25H27F3N2O5. The number of unbranched alkanes of at least 4 members (excludes halogenated alkanes) is 1. The van der Waals surface area contributed by atoms with Crippen molar-refractivity contribution in [2.45, 2.75) is 56.8 Å². The number of amides is 2. The van der Waals surface area contributed by atoms with Gasteiger partial charge in [0.05, 0.1) is 0 Å². The van der Waals surface area contributed by atoms with Crippen LogP contribution in [0.1, 0.15) is 50.2 Å². The van der Waals surface area contributed by atoms with E-state index in [0.29, 0.717) is 19.8 Å². The van der Waals surface area contributed by atoms with Gasteiger partial charge in [0.2, 0.25) is 5.54 Å². The highest BCUT2D eigenvalue weighted by Gasteiger charge is 2.58. The van der Waals surface area contributed by atoms with Crippen LogP contribution in [0.4, 0.5) is 18.0 Å². The molecule has 0 aliphatic heterocycles. The van der Waals surface area contributed by atoms with Crippen LogP contribution in [-0.2, 0) is 14.3 Å². The molecule has 2 atom stereocenters. The van der Waals surface area contributed by atoms with Gasteiger partial charge in [0.1, 0.15) is 12.6 Å². The molecule has 2 amide bonds. The monoisotopic (exact) mass is 492 g/mol. The smallest absolute Gasteiger partial charge is 0.420 e. The number of hydrogen-bond donors (Lipinski definition) is 3. The fourth-order valence-electron chi connectivity index (χ4n) is 4.06. The fraction of sp³-hybridized carbons (Fsp3) is 0.400. The number of hydrogen-bond acceptors (Lipinski definition) is 4. The second kappa shape index (κ2) is 10.4. The molecule has 7 nitrogen and oxygen atoms in total. The molecular weight excluding hydrogens is 465 g/mol. The van der Waals surface area contributed by atoms with Crippen molar-refractivity contribution in [2.75, 3.05) is 6.61 Å². The predicted octanol–water partition coefficient (Wildman–Crippen LogP) is 4.61. The van der Waals surface area contributed by atoms with E-state index in [2.05, 4.69) is 0 Å². The molecule has 0 spiro atoms. The molecule has 0 heterocycles. The molecule has 2 aromatic carbocycles. The van der Waals surface area contributed by atoms with E-state index >= 15 is 0 Å². The lowest BCUT2D eigenvalue weighted by Crippen LogP contribution is -2.66. The molecule has 188 valence electrons. The zero-order valence-electron chi connectivity index (χ0n) is 19.3. The van der Waals surface area contributed by atoms with Gasteiger partial charge >= 0.3 is 18.2 Å². The van der Waals surface area contributed by atoms with Gasteiger partial charge in [0, 0.05) is 5.92 Å². The number of carbonyl (C=O) groups is 3. The SMILES string of the molecule is CCCC[C@H](NC(=O)C(C)(NC(=O)OCC1c2ccccc2-c2ccccc21)C(F)(F)F)C(=O)O. The number of halogens is 3. The number of fused-ring (bicyclic) bond motifs is 3. The van der Waals surface area contributed by atoms with E-state index in [4.69, 9.17) is 4.74 Å². The summed E-state index contributed by atoms with van der Waals surface area (Å²) in [6.07, 6.45) is -5.72. The van der Waals surface area contributed by atoms with E-state index in [-0.39, 0.29) is 18.9 Å². The molecule has 3 N–H and O–H groups in total. The number of alkyl halides is 3. The molecule has 2 aromatic rings. The normalized spacial score (nSPS) is 15.3. The first-order valence-electron chi connectivity index (χ1n) is 11.2. The van der Waals surface area contributed by atoms with Gasteiger partial charge in [-0.25, -0.2) is 9.59 Å². The Kier molecular flexibility index (Phi) is 7.72. The van der Waals surface area contributed by atoms with E-state index in [1.165, 1.54) is 0 Å². The second-order valence-electron chi connectivity index (χ2n) is 8.58. The molecule has 1 aliphatic rings. The maximum Gasteiger partial charge on any atom is 0.420 e. The molecule has 3 rings (SSSR count). The highest BCUT2D eigenvalue weighted by molar-refractivity contribution is 5.93. The standard InChI is InChI=1S/C25H27F3N2O5/c1-3-4-13-20(21(31)32)29-22(33)24(2,25(26,27)28)30-23(34)35-14-19-17-11-7-5-9-15(17)16-10-6-8-12-18(16)19/h5-12,19-20H,3-4,13-14H2,1-2H3,(H,29,33)(H,30,34)(H,31,32)/t20-,24?/m0/s1. The van der Waals surface area contributed by atoms with Crippen molar-refractivity contribution in [1.82, 2.24) is 10.6 Å². The van der Waals surface area contributed by atoms with Crippen LogP contribution < -0.4 is 10.6 Å². The maximum absolute atomic E-state index is 13.9. The van der Waals surface area contributed by atoms with Crippen molar-refractivity contribution in [1.29, 1.82) is 0 Å². The Morgan fingerprint density at radius 3 is 2.06 bits per heavy atom. The van der Waals surface area contributed by atoms with Crippen LogP contribution in [0.3, 0.4) is 0 Å². The summed E-state index contributed by atoms with van der Waals surface area (Å²) in [5.74, 6) is -3.52. The van der Waals surface area contributed by atoms with Crippen molar-refractivity contribution in [2.24, 2.45) is 0 Å². The molecule has 10 heteroatoms. The molecule has 0 saturated carbocycles. The average Bonchev–Trinajstić information content (AvgIpc) is 3.13. The van der Waals surface area contributed by atoms with Crippen LogP contribution in [0.5, 0.6) is 0 Å². The highest BCUT2D eigenvalue weighted by atomic mass is 19.4. The number of rotatable bonds is 9. The van der Waals surface area contributed by atoms with Crippen LogP contribution >= 0.6 is 0 Å². The van der Waals surface area contributed by atoms with Crippen LogP contribution in [0, 0.1) is 0 Å². The lowest BCUT2D eigenvalue weighted by atomic mass is 9.98. The Bertz CT molecular complexity index is 1060. The third-order valence-corrected chi connectivity index (χ3v) is 6.17. The summed E-state index contributed by atoms with van der Waals surface area (Å²) in [5, 5.41) is 12.8. The number of carbonyl (C=O) groups excluding carboxylic acids is 2. The molecule has 1 unspecified atom stereocenters. The number of carboxylic acid groups (broad SMARTS) is 1. The van der Waals surface area contributed by atoms with Gasteiger partial charge in [-0.05, 0) is 35.6 Å². The van der Waals surface area contributed by atoms with E-state index in [1.54, 1.807) is 12.2 Å². The van der Waals surface area contributed by atoms with E-state index < -0.39 is 35.7 Å². The van der Waals surface area contributed by atoms with Crippen LogP contribution in [0.25, 0.3) is 11.1 Å². The van der Waals surface area contributed by atoms with Gasteiger partial charge < -0.3 is 15.2 Å². The Morgan fingerprint density at radius 2 is 1.57 bits per heavy atom. The van der Waals surface area contributed by atoms with Gasteiger partial charge in [-0.15, -0.1) is 0 Å². The number of alkyl carbamates (subject to hydrolysis) is 1. The first-order chi connectivity index (χ1) is 16.5. The first kappa shape index (κ1) is 26.1. The summed E-state index contributed by atoms with van der Waals surface area (Å²) in [6, 6.07) is 13.4. The van der Waals surface area contributed by atoms with Crippen molar-refractivity contribution >= 4 is 18.0 Å². The van der Waals surface area contributed by atoms with E-state index in [1.807, 2.05) is 53.8 Å². The van der Waals surface area contributed by atoms with E-state index in [9.17, 15) is 32.7 Å². The lowest BCUT2D eigenvalue weighted by Gasteiger charge is -2.32. The Morgan fingerprint density at radius 1 is 1.03 bits per heavy atom. The van der Waals surface area contributed by atoms with Crippen molar-refractivity contribution in [3.05, 3.63) is 59.7 Å². The third-order valence-electron chi connectivity index (χ3n) is 6.17. The number of nitrogens with one attached hydrogen (secondary N) is 2. The summed E-state index contributed by atoms with van der Waals surface area (Å²) in [4.78, 5) is 36.4. The zero-order valence-corrected chi connectivity index (χ0v) is 19.3. The fourth-order valence-corrected chi connectivity index (χ4v) is 4.06. The molecule has 0 bridgehead atoms. The summed E-state index contributed by atoms with van der Waals surface area (Å²) in [6.45, 7) is 2.01. The van der Waals surface area contributed by atoms with Gasteiger partial charge in [-0.3, -0.25) is 10.1 Å². The van der Waals surface area contributed by atoms with Crippen molar-refractivity contribution < 1.29 is 37.4 Å². The van der Waals surface area contributed by atoms with Gasteiger partial charge in [0.15, 0.2) is 0 Å². The van der Waals surface area contributed by atoms with Crippen LogP contribution in [0.15, 0.2) is 48.5 Å². The molecule has 35 heavy (non-hydrogen) atoms. The van der Waals surface area contributed by atoms with Crippen molar-refractivity contribution in [3.8, 4) is 11.1 Å². The predicted molar refractivity (Wildman–Crippen MR) is 122 cm³/mol. The first-order valence-corrected chi connectivity index (χ1v) is 11.2. The van der Waals surface area contributed by atoms with Gasteiger partial charge in [-0.2, -0.15) is 13.2 Å². The van der Waals surface area contributed by atoms with E-state index in [0.717, 1.165) is 22.3 Å². The topological polar surface area (TPSA) is 105 Å². The Labute approximate surface area is 200 Å². The molecule has 0 aromatic heterocycles. The number of benzene rings is 2. The quantitative estimate of drug-likeness (QED) is 0.474. The van der Waals surface area contributed by atoms with Crippen LogP contribution in [0.2, 0.25) is 0 Å². The molecule has 0 saturated heterocycles. The third kappa shape index (κ3) is 5.41. The number of aliphatic carboxylic acids is 1. The summed E-state index contributed by atoms with van der Waals surface area (Å²) >= 11 is 0. The lowest BCUT2D eigenvalue weighted by molar-refractivity contribution is -0.195. The summed E-state index contributed by atoms with van der Waals surface area (Å²) in [7, 11) is 0. The molecule has 0 radical (unpaired) electrons.